The largest absolute Gasteiger partial charge is 0.345 e. The van der Waals surface area contributed by atoms with Crippen LogP contribution in [-0.2, 0) is 9.59 Å². The average Bonchev–Trinajstić information content (AvgIpc) is 3.24. The van der Waals surface area contributed by atoms with Crippen LogP contribution in [0.5, 0.6) is 0 Å². The molecule has 1 aliphatic rings. The van der Waals surface area contributed by atoms with Gasteiger partial charge >= 0.3 is 11.8 Å². The van der Waals surface area contributed by atoms with Crippen molar-refractivity contribution >= 4 is 18.0 Å². The second kappa shape index (κ2) is 8.42. The van der Waals surface area contributed by atoms with E-state index >= 15 is 0 Å². The van der Waals surface area contributed by atoms with Gasteiger partial charge in [0, 0.05) is 23.0 Å². The molecule has 3 rings (SSSR count). The summed E-state index contributed by atoms with van der Waals surface area (Å²) in [6.07, 6.45) is 5.66. The summed E-state index contributed by atoms with van der Waals surface area (Å²) in [5.74, 6) is -1.35. The lowest BCUT2D eigenvalue weighted by Crippen LogP contribution is -2.42. The fraction of sp³-hybridized carbons (Fsp3) is 0.409. The molecule has 1 aliphatic carbocycles. The van der Waals surface area contributed by atoms with Crippen molar-refractivity contribution in [2.45, 2.75) is 59.4 Å². The van der Waals surface area contributed by atoms with Crippen LogP contribution < -0.4 is 10.7 Å². The highest BCUT2D eigenvalue weighted by Crippen LogP contribution is 2.25. The van der Waals surface area contributed by atoms with Gasteiger partial charge in [-0.3, -0.25) is 9.59 Å². The first kappa shape index (κ1) is 19.9. The molecule has 28 heavy (non-hydrogen) atoms. The molecule has 6 heteroatoms. The molecule has 0 bridgehead atoms. The maximum absolute atomic E-state index is 11.9. The summed E-state index contributed by atoms with van der Waals surface area (Å²) < 4.78 is 2.20. The van der Waals surface area contributed by atoms with Crippen molar-refractivity contribution in [3.8, 4) is 5.69 Å². The summed E-state index contributed by atoms with van der Waals surface area (Å²) in [6, 6.07) is 8.38. The number of hydrazone groups is 1. The number of aryl methyl sites for hydroxylation is 3. The summed E-state index contributed by atoms with van der Waals surface area (Å²) in [5, 5.41) is 6.75. The lowest BCUT2D eigenvalue weighted by Gasteiger charge is -2.15. The van der Waals surface area contributed by atoms with Gasteiger partial charge in [0.05, 0.1) is 11.9 Å². The summed E-state index contributed by atoms with van der Waals surface area (Å²) in [5.41, 5.74) is 8.90. The van der Waals surface area contributed by atoms with E-state index in [0.717, 1.165) is 48.3 Å². The molecule has 0 radical (unpaired) electrons. The molecule has 0 unspecified atom stereocenters. The van der Waals surface area contributed by atoms with Gasteiger partial charge in [0.1, 0.15) is 0 Å². The van der Waals surface area contributed by atoms with Gasteiger partial charge in [-0.2, -0.15) is 5.10 Å². The summed E-state index contributed by atoms with van der Waals surface area (Å²) in [6.45, 7) is 8.26. The minimum atomic E-state index is -0.730. The van der Waals surface area contributed by atoms with E-state index < -0.39 is 11.8 Å². The first-order valence-electron chi connectivity index (χ1n) is 9.78. The van der Waals surface area contributed by atoms with Crippen molar-refractivity contribution in [2.24, 2.45) is 5.10 Å². The highest BCUT2D eigenvalue weighted by Gasteiger charge is 2.21. The molecule has 2 amide bonds. The highest BCUT2D eigenvalue weighted by molar-refractivity contribution is 6.35. The van der Waals surface area contributed by atoms with Crippen LogP contribution in [-0.4, -0.2) is 28.6 Å². The van der Waals surface area contributed by atoms with Crippen LogP contribution in [0.1, 0.15) is 53.8 Å². The number of rotatable bonds is 4. The third kappa shape index (κ3) is 4.16. The second-order valence-corrected chi connectivity index (χ2v) is 7.56. The van der Waals surface area contributed by atoms with Crippen LogP contribution in [0.3, 0.4) is 0 Å². The molecule has 2 N–H and O–H groups in total. The Morgan fingerprint density at radius 1 is 1.07 bits per heavy atom. The molecular formula is C22H28N4O2. The molecule has 148 valence electrons. The van der Waals surface area contributed by atoms with Crippen LogP contribution in [0.25, 0.3) is 5.69 Å². The van der Waals surface area contributed by atoms with Gasteiger partial charge < -0.3 is 9.88 Å². The predicted octanol–water partition coefficient (Wildman–Crippen LogP) is 3.22. The topological polar surface area (TPSA) is 75.5 Å². The SMILES string of the molecule is Cc1cccc(C)c1-n1c(C)cc(/C=N\NC(=O)C(=O)NC2CCCC2)c1C. The molecule has 1 fully saturated rings. The van der Waals surface area contributed by atoms with Crippen molar-refractivity contribution < 1.29 is 9.59 Å². The Balaban J connectivity index is 1.71. The number of amides is 2. The summed E-state index contributed by atoms with van der Waals surface area (Å²) in [7, 11) is 0. The standard InChI is InChI=1S/C22H28N4O2/c1-14-8-7-9-15(2)20(14)26-16(3)12-18(17(26)4)13-23-25-22(28)21(27)24-19-10-5-6-11-19/h7-9,12-13,19H,5-6,10-11H2,1-4H3,(H,24,27)(H,25,28)/b23-13-. The van der Waals surface area contributed by atoms with Crippen molar-refractivity contribution in [1.29, 1.82) is 0 Å². The molecule has 6 nitrogen and oxygen atoms in total. The maximum atomic E-state index is 11.9. The van der Waals surface area contributed by atoms with Gasteiger partial charge in [-0.15, -0.1) is 0 Å². The predicted molar refractivity (Wildman–Crippen MR) is 111 cm³/mol. The number of carbonyl (C=O) groups is 2. The number of para-hydroxylation sites is 1. The number of hydrogen-bond acceptors (Lipinski definition) is 3. The van der Waals surface area contributed by atoms with Gasteiger partial charge in [-0.1, -0.05) is 31.0 Å². The maximum Gasteiger partial charge on any atom is 0.329 e. The molecule has 0 atom stereocenters. The Hall–Kier alpha value is -2.89. The number of aromatic nitrogens is 1. The number of nitrogens with zero attached hydrogens (tertiary/aromatic N) is 2. The fourth-order valence-electron chi connectivity index (χ4n) is 3.95. The zero-order valence-corrected chi connectivity index (χ0v) is 17.0. The van der Waals surface area contributed by atoms with E-state index in [4.69, 9.17) is 0 Å². The second-order valence-electron chi connectivity index (χ2n) is 7.56. The van der Waals surface area contributed by atoms with Crippen LogP contribution in [0.2, 0.25) is 0 Å². The zero-order chi connectivity index (χ0) is 20.3. The van der Waals surface area contributed by atoms with Crippen molar-refractivity contribution in [1.82, 2.24) is 15.3 Å². The summed E-state index contributed by atoms with van der Waals surface area (Å²) in [4.78, 5) is 23.9. The quantitative estimate of drug-likeness (QED) is 0.485. The Morgan fingerprint density at radius 2 is 1.71 bits per heavy atom. The Bertz CT molecular complexity index is 901. The molecule has 0 aliphatic heterocycles. The van der Waals surface area contributed by atoms with E-state index in [0.29, 0.717) is 0 Å². The van der Waals surface area contributed by atoms with Crippen molar-refractivity contribution in [2.75, 3.05) is 0 Å². The minimum Gasteiger partial charge on any atom is -0.345 e. The van der Waals surface area contributed by atoms with Gasteiger partial charge in [-0.05, 0) is 57.7 Å². The van der Waals surface area contributed by atoms with Crippen LogP contribution in [0, 0.1) is 27.7 Å². The third-order valence-electron chi connectivity index (χ3n) is 5.40. The fourth-order valence-corrected chi connectivity index (χ4v) is 3.95. The molecule has 1 heterocycles. The lowest BCUT2D eigenvalue weighted by molar-refractivity contribution is -0.139. The molecule has 1 saturated carbocycles. The average molecular weight is 380 g/mol. The number of carbonyl (C=O) groups excluding carboxylic acids is 2. The van der Waals surface area contributed by atoms with E-state index in [1.165, 1.54) is 11.1 Å². The lowest BCUT2D eigenvalue weighted by atomic mass is 10.1. The molecule has 0 spiro atoms. The number of nitrogens with one attached hydrogen (secondary N) is 2. The Kier molecular flexibility index (Phi) is 5.97. The van der Waals surface area contributed by atoms with Crippen molar-refractivity contribution in [3.05, 3.63) is 52.3 Å². The minimum absolute atomic E-state index is 0.110. The van der Waals surface area contributed by atoms with E-state index in [9.17, 15) is 9.59 Å². The van der Waals surface area contributed by atoms with Crippen LogP contribution >= 0.6 is 0 Å². The molecule has 1 aromatic carbocycles. The normalized spacial score (nSPS) is 14.6. The van der Waals surface area contributed by atoms with Gasteiger partial charge in [0.25, 0.3) is 0 Å². The zero-order valence-electron chi connectivity index (χ0n) is 17.0. The molecule has 0 saturated heterocycles. The number of hydrogen-bond donors (Lipinski definition) is 2. The first-order chi connectivity index (χ1) is 13.4. The van der Waals surface area contributed by atoms with Gasteiger partial charge in [-0.25, -0.2) is 5.43 Å². The summed E-state index contributed by atoms with van der Waals surface area (Å²) >= 11 is 0. The van der Waals surface area contributed by atoms with E-state index in [-0.39, 0.29) is 6.04 Å². The third-order valence-corrected chi connectivity index (χ3v) is 5.40. The van der Waals surface area contributed by atoms with E-state index in [1.54, 1.807) is 6.21 Å². The first-order valence-corrected chi connectivity index (χ1v) is 9.78. The Labute approximate surface area is 166 Å². The highest BCUT2D eigenvalue weighted by atomic mass is 16.2. The van der Waals surface area contributed by atoms with Crippen LogP contribution in [0.4, 0.5) is 0 Å². The number of benzene rings is 1. The smallest absolute Gasteiger partial charge is 0.329 e. The molecule has 1 aromatic heterocycles. The monoisotopic (exact) mass is 380 g/mol. The van der Waals surface area contributed by atoms with Gasteiger partial charge in [0.15, 0.2) is 0 Å². The van der Waals surface area contributed by atoms with Crippen molar-refractivity contribution in [3.63, 3.8) is 0 Å². The van der Waals surface area contributed by atoms with E-state index in [2.05, 4.69) is 52.5 Å². The Morgan fingerprint density at radius 3 is 2.36 bits per heavy atom. The van der Waals surface area contributed by atoms with Gasteiger partial charge in [0.2, 0.25) is 0 Å². The van der Waals surface area contributed by atoms with E-state index in [1.807, 2.05) is 19.9 Å². The molecule has 2 aromatic rings. The van der Waals surface area contributed by atoms with Crippen LogP contribution in [0.15, 0.2) is 29.4 Å². The molecular weight excluding hydrogens is 352 g/mol.